The zero-order valence-corrected chi connectivity index (χ0v) is 18.0. The zero-order valence-electron chi connectivity index (χ0n) is 17.3. The Hall–Kier alpha value is -3.02. The number of hydrogen-bond donors (Lipinski definition) is 1. The van der Waals surface area contributed by atoms with Gasteiger partial charge in [-0.3, -0.25) is 0 Å². The molecule has 1 atom stereocenters. The van der Waals surface area contributed by atoms with Gasteiger partial charge in [-0.2, -0.15) is 0 Å². The van der Waals surface area contributed by atoms with Crippen LogP contribution in [0.25, 0.3) is 11.1 Å². The molecule has 0 aliphatic carbocycles. The SMILES string of the molecule is COC(Cc1ccc(OCCCOc2ccc(-c3ccccc3)cc2)cc1Cl)C(=O)O. The summed E-state index contributed by atoms with van der Waals surface area (Å²) in [6, 6.07) is 23.4. The molecule has 0 radical (unpaired) electrons. The summed E-state index contributed by atoms with van der Waals surface area (Å²) in [5, 5.41) is 9.54. The maximum Gasteiger partial charge on any atom is 0.333 e. The molecule has 1 unspecified atom stereocenters. The predicted octanol–water partition coefficient (Wildman–Crippen LogP) is 5.50. The fraction of sp³-hybridized carbons (Fsp3) is 0.240. The van der Waals surface area contributed by atoms with Crippen molar-refractivity contribution in [2.24, 2.45) is 0 Å². The highest BCUT2D eigenvalue weighted by Crippen LogP contribution is 2.25. The summed E-state index contributed by atoms with van der Waals surface area (Å²) in [5.74, 6) is 0.428. The average molecular weight is 441 g/mol. The molecular weight excluding hydrogens is 416 g/mol. The van der Waals surface area contributed by atoms with E-state index in [2.05, 4.69) is 12.1 Å². The van der Waals surface area contributed by atoms with Gasteiger partial charge in [0.15, 0.2) is 6.10 Å². The molecule has 0 aliphatic heterocycles. The highest BCUT2D eigenvalue weighted by Gasteiger charge is 2.18. The Morgan fingerprint density at radius 2 is 1.52 bits per heavy atom. The van der Waals surface area contributed by atoms with E-state index in [1.54, 1.807) is 18.2 Å². The Morgan fingerprint density at radius 1 is 0.903 bits per heavy atom. The number of aliphatic carboxylic acids is 1. The van der Waals surface area contributed by atoms with Gasteiger partial charge in [-0.15, -0.1) is 0 Å². The van der Waals surface area contributed by atoms with Crippen LogP contribution >= 0.6 is 11.6 Å². The minimum absolute atomic E-state index is 0.196. The Labute approximate surface area is 187 Å². The first-order valence-electron chi connectivity index (χ1n) is 10.0. The smallest absolute Gasteiger partial charge is 0.333 e. The summed E-state index contributed by atoms with van der Waals surface area (Å²) in [6.45, 7) is 1.01. The quantitative estimate of drug-likeness (QED) is 0.399. The van der Waals surface area contributed by atoms with Crippen molar-refractivity contribution >= 4 is 17.6 Å². The van der Waals surface area contributed by atoms with Crippen LogP contribution in [-0.2, 0) is 16.0 Å². The Kier molecular flexibility index (Phi) is 8.33. The fourth-order valence-electron chi connectivity index (χ4n) is 3.07. The molecular formula is C25H25ClO5. The number of carboxylic acid groups (broad SMARTS) is 1. The highest BCUT2D eigenvalue weighted by molar-refractivity contribution is 6.31. The molecule has 162 valence electrons. The molecule has 0 bridgehead atoms. The third-order valence-electron chi connectivity index (χ3n) is 4.78. The molecule has 0 saturated heterocycles. The van der Waals surface area contributed by atoms with E-state index < -0.39 is 12.1 Å². The molecule has 3 aromatic rings. The summed E-state index contributed by atoms with van der Waals surface area (Å²) in [6.07, 6.45) is -0.0185. The van der Waals surface area contributed by atoms with Crippen molar-refractivity contribution in [3.05, 3.63) is 83.4 Å². The van der Waals surface area contributed by atoms with E-state index in [1.165, 1.54) is 12.7 Å². The summed E-state index contributed by atoms with van der Waals surface area (Å²) >= 11 is 6.26. The first-order valence-corrected chi connectivity index (χ1v) is 10.4. The van der Waals surface area contributed by atoms with Gasteiger partial charge in [0.1, 0.15) is 11.5 Å². The van der Waals surface area contributed by atoms with Crippen LogP contribution in [0.15, 0.2) is 72.8 Å². The molecule has 1 N–H and O–H groups in total. The van der Waals surface area contributed by atoms with Gasteiger partial charge in [0.25, 0.3) is 0 Å². The molecule has 0 heterocycles. The summed E-state index contributed by atoms with van der Waals surface area (Å²) in [4.78, 5) is 11.1. The summed E-state index contributed by atoms with van der Waals surface area (Å²) in [5.41, 5.74) is 3.02. The molecule has 0 spiro atoms. The highest BCUT2D eigenvalue weighted by atomic mass is 35.5. The second kappa shape index (κ2) is 11.4. The Balaban J connectivity index is 1.41. The number of ether oxygens (including phenoxy) is 3. The van der Waals surface area contributed by atoms with Crippen LogP contribution in [0.4, 0.5) is 0 Å². The standard InChI is InChI=1S/C25H25ClO5/c1-29-24(25(27)28)16-20-10-13-22(17-23(20)26)31-15-5-14-30-21-11-8-19(9-12-21)18-6-3-2-4-7-18/h2-4,6-13,17,24H,5,14-16H2,1H3,(H,27,28). The lowest BCUT2D eigenvalue weighted by molar-refractivity contribution is -0.148. The van der Waals surface area contributed by atoms with E-state index in [0.717, 1.165) is 11.3 Å². The van der Waals surface area contributed by atoms with Crippen LogP contribution in [0.1, 0.15) is 12.0 Å². The van der Waals surface area contributed by atoms with E-state index in [9.17, 15) is 4.79 Å². The summed E-state index contributed by atoms with van der Waals surface area (Å²) in [7, 11) is 1.36. The van der Waals surface area contributed by atoms with Crippen LogP contribution in [0.2, 0.25) is 5.02 Å². The number of hydrogen-bond acceptors (Lipinski definition) is 4. The molecule has 3 rings (SSSR count). The number of carboxylic acids is 1. The lowest BCUT2D eigenvalue weighted by Gasteiger charge is -2.13. The molecule has 0 aromatic heterocycles. The van der Waals surface area contributed by atoms with Gasteiger partial charge in [-0.1, -0.05) is 60.1 Å². The fourth-order valence-corrected chi connectivity index (χ4v) is 3.32. The molecule has 3 aromatic carbocycles. The molecule has 31 heavy (non-hydrogen) atoms. The topological polar surface area (TPSA) is 65.0 Å². The van der Waals surface area contributed by atoms with E-state index in [-0.39, 0.29) is 6.42 Å². The van der Waals surface area contributed by atoms with Crippen molar-refractivity contribution in [3.63, 3.8) is 0 Å². The maximum absolute atomic E-state index is 11.1. The van der Waals surface area contributed by atoms with Crippen molar-refractivity contribution in [1.82, 2.24) is 0 Å². The maximum atomic E-state index is 11.1. The normalized spacial score (nSPS) is 11.7. The third kappa shape index (κ3) is 6.74. The molecule has 0 amide bonds. The first kappa shape index (κ1) is 22.7. The van der Waals surface area contributed by atoms with Crippen molar-refractivity contribution < 1.29 is 24.1 Å². The second-order valence-corrected chi connectivity index (χ2v) is 7.37. The first-order chi connectivity index (χ1) is 15.1. The van der Waals surface area contributed by atoms with Crippen LogP contribution in [0.5, 0.6) is 11.5 Å². The monoisotopic (exact) mass is 440 g/mol. The van der Waals surface area contributed by atoms with Gasteiger partial charge < -0.3 is 19.3 Å². The minimum atomic E-state index is -1.02. The molecule has 5 nitrogen and oxygen atoms in total. The van der Waals surface area contributed by atoms with Crippen LogP contribution < -0.4 is 9.47 Å². The zero-order chi connectivity index (χ0) is 22.1. The van der Waals surface area contributed by atoms with E-state index in [4.69, 9.17) is 30.9 Å². The van der Waals surface area contributed by atoms with Crippen molar-refractivity contribution in [1.29, 1.82) is 0 Å². The molecule has 0 fully saturated rings. The third-order valence-corrected chi connectivity index (χ3v) is 5.13. The minimum Gasteiger partial charge on any atom is -0.493 e. The van der Waals surface area contributed by atoms with Gasteiger partial charge in [0.05, 0.1) is 13.2 Å². The molecule has 6 heteroatoms. The van der Waals surface area contributed by atoms with Gasteiger partial charge in [0.2, 0.25) is 0 Å². The predicted molar refractivity (Wildman–Crippen MR) is 121 cm³/mol. The van der Waals surface area contributed by atoms with Gasteiger partial charge >= 0.3 is 5.97 Å². The molecule has 0 saturated carbocycles. The number of rotatable bonds is 11. The van der Waals surface area contributed by atoms with Crippen molar-refractivity contribution in [2.45, 2.75) is 18.9 Å². The van der Waals surface area contributed by atoms with E-state index >= 15 is 0 Å². The lowest BCUT2D eigenvalue weighted by atomic mass is 10.1. The van der Waals surface area contributed by atoms with Crippen LogP contribution in [0.3, 0.4) is 0 Å². The number of carbonyl (C=O) groups is 1. The van der Waals surface area contributed by atoms with Crippen LogP contribution in [0, 0.1) is 0 Å². The Bertz CT molecular complexity index is 973. The van der Waals surface area contributed by atoms with Gasteiger partial charge in [0, 0.05) is 25.0 Å². The van der Waals surface area contributed by atoms with Crippen molar-refractivity contribution in [2.75, 3.05) is 20.3 Å². The van der Waals surface area contributed by atoms with E-state index in [0.29, 0.717) is 36.0 Å². The van der Waals surface area contributed by atoms with Crippen LogP contribution in [-0.4, -0.2) is 37.5 Å². The number of halogens is 1. The lowest BCUT2D eigenvalue weighted by Crippen LogP contribution is -2.24. The average Bonchev–Trinajstić information content (AvgIpc) is 2.79. The van der Waals surface area contributed by atoms with E-state index in [1.807, 2.05) is 42.5 Å². The number of methoxy groups -OCH3 is 1. The largest absolute Gasteiger partial charge is 0.493 e. The van der Waals surface area contributed by atoms with Crippen molar-refractivity contribution in [3.8, 4) is 22.6 Å². The van der Waals surface area contributed by atoms with Gasteiger partial charge in [-0.25, -0.2) is 4.79 Å². The molecule has 0 aliphatic rings. The second-order valence-electron chi connectivity index (χ2n) is 6.96. The summed E-state index contributed by atoms with van der Waals surface area (Å²) < 4.78 is 16.5. The Morgan fingerprint density at radius 3 is 2.13 bits per heavy atom. The number of benzene rings is 3. The van der Waals surface area contributed by atoms with Gasteiger partial charge in [-0.05, 0) is 41.0 Å².